The molecule has 2 aliphatic rings. The molecule has 2 rings (SSSR count). The standard InChI is InChI=1S/C35H64O9/c1-3-4-5-6-7-8-9-10-11-12-16-31(39)32(40)18-19-33(41)34-20-17-30(44-34)24-29(38)23-28(37)15-13-14-27(36)22-26-21-25(2)43-35(26)42/h21,25,27-34,36-41H,3-20,22-24H2,1-2H3/t25-,27+,28+,29-,30+,31-,32-,33+,34+/m0/s1. The first kappa shape index (κ1) is 39.1. The Morgan fingerprint density at radius 2 is 1.34 bits per heavy atom. The van der Waals surface area contributed by atoms with E-state index in [1.54, 1.807) is 13.0 Å². The highest BCUT2D eigenvalue weighted by atomic mass is 16.5. The predicted octanol–water partition coefficient (Wildman–Crippen LogP) is 5.00. The fourth-order valence-electron chi connectivity index (χ4n) is 6.50. The molecule has 6 N–H and O–H groups in total. The zero-order valence-electron chi connectivity index (χ0n) is 27.5. The monoisotopic (exact) mass is 628 g/mol. The Balaban J connectivity index is 1.50. The van der Waals surface area contributed by atoms with Crippen molar-refractivity contribution < 1.29 is 44.9 Å². The molecule has 0 aromatic rings. The molecule has 9 nitrogen and oxygen atoms in total. The molecule has 9 atom stereocenters. The minimum atomic E-state index is -0.857. The lowest BCUT2D eigenvalue weighted by Gasteiger charge is -2.23. The Labute approximate surface area is 266 Å². The topological polar surface area (TPSA) is 157 Å². The number of aliphatic hydroxyl groups excluding tert-OH is 6. The molecule has 0 radical (unpaired) electrons. The van der Waals surface area contributed by atoms with E-state index in [1.807, 2.05) is 0 Å². The Morgan fingerprint density at radius 1 is 0.727 bits per heavy atom. The third kappa shape index (κ3) is 16.5. The van der Waals surface area contributed by atoms with Gasteiger partial charge in [0.2, 0.25) is 0 Å². The molecule has 258 valence electrons. The SMILES string of the molecule is CCCCCCCCCCCC[C@H](O)[C@@H](O)CC[C@@H](O)[C@H]1CC[C@H](C[C@@H](O)C[C@H](O)CCC[C@@H](O)CC2=C[C@H](C)OC2=O)O1. The van der Waals surface area contributed by atoms with E-state index in [4.69, 9.17) is 9.47 Å². The number of carbonyl (C=O) groups excluding carboxylic acids is 1. The van der Waals surface area contributed by atoms with E-state index in [0.717, 1.165) is 12.8 Å². The van der Waals surface area contributed by atoms with E-state index < -0.39 is 36.6 Å². The maximum Gasteiger partial charge on any atom is 0.334 e. The molecule has 2 heterocycles. The molecule has 0 saturated carbocycles. The Kier molecular flexibility index (Phi) is 20.0. The molecular formula is C35H64O9. The first-order valence-electron chi connectivity index (χ1n) is 17.7. The first-order valence-corrected chi connectivity index (χ1v) is 17.7. The quantitative estimate of drug-likeness (QED) is 0.0573. The molecule has 0 spiro atoms. The van der Waals surface area contributed by atoms with Crippen molar-refractivity contribution in [2.24, 2.45) is 0 Å². The highest BCUT2D eigenvalue weighted by Gasteiger charge is 2.33. The van der Waals surface area contributed by atoms with Gasteiger partial charge < -0.3 is 40.1 Å². The number of esters is 1. The average Bonchev–Trinajstić information content (AvgIpc) is 3.57. The highest BCUT2D eigenvalue weighted by molar-refractivity contribution is 5.90. The van der Waals surface area contributed by atoms with Crippen LogP contribution in [0.15, 0.2) is 11.6 Å². The van der Waals surface area contributed by atoms with E-state index in [2.05, 4.69) is 6.92 Å². The van der Waals surface area contributed by atoms with Crippen LogP contribution < -0.4 is 0 Å². The number of cyclic esters (lactones) is 1. The molecule has 9 heteroatoms. The van der Waals surface area contributed by atoms with Crippen molar-refractivity contribution >= 4 is 5.97 Å². The van der Waals surface area contributed by atoms with E-state index in [0.29, 0.717) is 63.4 Å². The van der Waals surface area contributed by atoms with Gasteiger partial charge in [0.05, 0.1) is 48.8 Å². The third-order valence-electron chi connectivity index (χ3n) is 9.23. The minimum Gasteiger partial charge on any atom is -0.455 e. The summed E-state index contributed by atoms with van der Waals surface area (Å²) < 4.78 is 11.0. The predicted molar refractivity (Wildman–Crippen MR) is 171 cm³/mol. The second kappa shape index (κ2) is 22.5. The van der Waals surface area contributed by atoms with Crippen LogP contribution >= 0.6 is 0 Å². The summed E-state index contributed by atoms with van der Waals surface area (Å²) in [6, 6.07) is 0. The maximum absolute atomic E-state index is 11.7. The number of hydrogen-bond donors (Lipinski definition) is 6. The fraction of sp³-hybridized carbons (Fsp3) is 0.914. The molecule has 0 unspecified atom stereocenters. The number of carbonyl (C=O) groups is 1. The van der Waals surface area contributed by atoms with Crippen LogP contribution in [-0.4, -0.2) is 91.5 Å². The third-order valence-corrected chi connectivity index (χ3v) is 9.23. The summed E-state index contributed by atoms with van der Waals surface area (Å²) in [5.74, 6) is -0.380. The van der Waals surface area contributed by atoms with Crippen molar-refractivity contribution in [2.75, 3.05) is 0 Å². The van der Waals surface area contributed by atoms with Gasteiger partial charge in [0.1, 0.15) is 6.10 Å². The van der Waals surface area contributed by atoms with Crippen LogP contribution in [0.25, 0.3) is 0 Å². The number of aliphatic hydroxyl groups is 6. The zero-order chi connectivity index (χ0) is 32.3. The number of hydrogen-bond acceptors (Lipinski definition) is 9. The smallest absolute Gasteiger partial charge is 0.334 e. The number of unbranched alkanes of at least 4 members (excludes halogenated alkanes) is 9. The van der Waals surface area contributed by atoms with E-state index >= 15 is 0 Å². The molecule has 0 aromatic heterocycles. The van der Waals surface area contributed by atoms with Gasteiger partial charge in [-0.15, -0.1) is 0 Å². The van der Waals surface area contributed by atoms with Crippen molar-refractivity contribution in [2.45, 2.75) is 204 Å². The summed E-state index contributed by atoms with van der Waals surface area (Å²) in [7, 11) is 0. The van der Waals surface area contributed by atoms with Crippen LogP contribution in [0.2, 0.25) is 0 Å². The molecule has 0 aromatic carbocycles. The van der Waals surface area contributed by atoms with Gasteiger partial charge in [-0.3, -0.25) is 0 Å². The van der Waals surface area contributed by atoms with Crippen LogP contribution in [0.3, 0.4) is 0 Å². The van der Waals surface area contributed by atoms with E-state index in [1.165, 1.54) is 51.4 Å². The second-order valence-electron chi connectivity index (χ2n) is 13.5. The molecule has 0 aliphatic carbocycles. The normalized spacial score (nSPS) is 24.5. The lowest BCUT2D eigenvalue weighted by molar-refractivity contribution is -0.139. The van der Waals surface area contributed by atoms with Crippen LogP contribution in [-0.2, 0) is 14.3 Å². The van der Waals surface area contributed by atoms with Gasteiger partial charge in [-0.2, -0.15) is 0 Å². The van der Waals surface area contributed by atoms with Gasteiger partial charge in [0, 0.05) is 12.0 Å². The van der Waals surface area contributed by atoms with Gasteiger partial charge in [0.15, 0.2) is 0 Å². The van der Waals surface area contributed by atoms with Gasteiger partial charge in [-0.25, -0.2) is 4.79 Å². The summed E-state index contributed by atoms with van der Waals surface area (Å²) in [6.45, 7) is 4.01. The van der Waals surface area contributed by atoms with Crippen molar-refractivity contribution in [3.63, 3.8) is 0 Å². The van der Waals surface area contributed by atoms with Gasteiger partial charge in [-0.1, -0.05) is 71.1 Å². The molecule has 0 bridgehead atoms. The largest absolute Gasteiger partial charge is 0.455 e. The Hall–Kier alpha value is -1.07. The van der Waals surface area contributed by atoms with E-state index in [-0.39, 0.29) is 37.1 Å². The summed E-state index contributed by atoms with van der Waals surface area (Å²) in [6.07, 6.45) is 13.6. The molecule has 1 fully saturated rings. The molecule has 44 heavy (non-hydrogen) atoms. The Bertz CT molecular complexity index is 790. The second-order valence-corrected chi connectivity index (χ2v) is 13.5. The molecule has 1 saturated heterocycles. The lowest BCUT2D eigenvalue weighted by Crippen LogP contribution is -2.31. The van der Waals surface area contributed by atoms with Crippen molar-refractivity contribution in [3.8, 4) is 0 Å². The van der Waals surface area contributed by atoms with Gasteiger partial charge in [-0.05, 0) is 77.2 Å². The van der Waals surface area contributed by atoms with Crippen molar-refractivity contribution in [1.82, 2.24) is 0 Å². The number of rotatable bonds is 26. The Morgan fingerprint density at radius 3 is 1.98 bits per heavy atom. The highest BCUT2D eigenvalue weighted by Crippen LogP contribution is 2.29. The number of ether oxygens (including phenoxy) is 2. The molecular weight excluding hydrogens is 564 g/mol. The maximum atomic E-state index is 11.7. The van der Waals surface area contributed by atoms with E-state index in [9.17, 15) is 35.4 Å². The van der Waals surface area contributed by atoms with Crippen LogP contribution in [0.4, 0.5) is 0 Å². The lowest BCUT2D eigenvalue weighted by atomic mass is 9.97. The van der Waals surface area contributed by atoms with Crippen molar-refractivity contribution in [1.29, 1.82) is 0 Å². The van der Waals surface area contributed by atoms with Gasteiger partial charge in [0.25, 0.3) is 0 Å². The summed E-state index contributed by atoms with van der Waals surface area (Å²) in [5.41, 5.74) is 0.495. The minimum absolute atomic E-state index is 0.202. The summed E-state index contributed by atoms with van der Waals surface area (Å²) >= 11 is 0. The van der Waals surface area contributed by atoms with Gasteiger partial charge >= 0.3 is 5.97 Å². The zero-order valence-corrected chi connectivity index (χ0v) is 27.5. The van der Waals surface area contributed by atoms with Crippen LogP contribution in [0.5, 0.6) is 0 Å². The van der Waals surface area contributed by atoms with Crippen LogP contribution in [0, 0.1) is 0 Å². The van der Waals surface area contributed by atoms with Crippen LogP contribution in [0.1, 0.15) is 149 Å². The fourth-order valence-corrected chi connectivity index (χ4v) is 6.50. The summed E-state index contributed by atoms with van der Waals surface area (Å²) in [4.78, 5) is 11.7. The van der Waals surface area contributed by atoms with Crippen molar-refractivity contribution in [3.05, 3.63) is 11.6 Å². The average molecular weight is 629 g/mol. The molecule has 2 aliphatic heterocycles. The molecule has 0 amide bonds. The first-order chi connectivity index (χ1) is 21.1. The summed E-state index contributed by atoms with van der Waals surface area (Å²) in [5, 5.41) is 62.4.